The minimum atomic E-state index is 0.109. The van der Waals surface area contributed by atoms with Crippen molar-refractivity contribution in [2.75, 3.05) is 19.5 Å². The summed E-state index contributed by atoms with van der Waals surface area (Å²) in [6.07, 6.45) is 5.50. The minimum absolute atomic E-state index is 0.109. The van der Waals surface area contributed by atoms with E-state index in [0.29, 0.717) is 33.4 Å². The molecule has 3 atom stereocenters. The topological polar surface area (TPSA) is 30.5 Å². The molecule has 1 heterocycles. The predicted molar refractivity (Wildman–Crippen MR) is 110 cm³/mol. The second kappa shape index (κ2) is 6.99. The van der Waals surface area contributed by atoms with Gasteiger partial charge in [0.05, 0.1) is 35.4 Å². The van der Waals surface area contributed by atoms with Crippen LogP contribution >= 0.6 is 39.1 Å². The number of anilines is 1. The molecule has 0 unspecified atom stereocenters. The van der Waals surface area contributed by atoms with Gasteiger partial charge in [0.15, 0.2) is 11.5 Å². The summed E-state index contributed by atoms with van der Waals surface area (Å²) in [4.78, 5) is 0. The van der Waals surface area contributed by atoms with Gasteiger partial charge >= 0.3 is 0 Å². The van der Waals surface area contributed by atoms with Crippen LogP contribution in [0.3, 0.4) is 0 Å². The Labute approximate surface area is 171 Å². The maximum atomic E-state index is 6.50. The summed E-state index contributed by atoms with van der Waals surface area (Å²) in [7, 11) is 3.29. The summed E-state index contributed by atoms with van der Waals surface area (Å²) in [5, 5.41) is 4.97. The van der Waals surface area contributed by atoms with E-state index in [1.165, 1.54) is 0 Å². The molecule has 0 spiro atoms. The first-order valence-corrected chi connectivity index (χ1v) is 9.92. The van der Waals surface area contributed by atoms with Gasteiger partial charge in [-0.3, -0.25) is 0 Å². The Bertz CT molecular complexity index is 900. The highest BCUT2D eigenvalue weighted by atomic mass is 79.9. The standard InChI is InChI=1S/C20H18BrCl2NO2/c1-25-17-7-10(6-15(21)20(17)26-2)18-13-5-3-4-12(13)14-8-11(22)9-16(23)19(14)24-18/h3-4,6-9,12-13,18,24H,5H2,1-2H3/t12-,13+,18+/m1/s1. The summed E-state index contributed by atoms with van der Waals surface area (Å²) < 4.78 is 11.8. The monoisotopic (exact) mass is 453 g/mol. The molecule has 1 N–H and O–H groups in total. The van der Waals surface area contributed by atoms with Crippen LogP contribution in [-0.4, -0.2) is 14.2 Å². The molecule has 0 bridgehead atoms. The Balaban J connectivity index is 1.82. The number of rotatable bonds is 3. The summed E-state index contributed by atoms with van der Waals surface area (Å²) in [6, 6.07) is 8.03. The quantitative estimate of drug-likeness (QED) is 0.530. The van der Waals surface area contributed by atoms with Gasteiger partial charge in [-0.25, -0.2) is 0 Å². The molecule has 0 saturated heterocycles. The van der Waals surface area contributed by atoms with Crippen LogP contribution in [0.15, 0.2) is 40.9 Å². The fourth-order valence-electron chi connectivity index (χ4n) is 4.07. The molecule has 3 nitrogen and oxygen atoms in total. The van der Waals surface area contributed by atoms with E-state index in [1.807, 2.05) is 12.1 Å². The van der Waals surface area contributed by atoms with Crippen molar-refractivity contribution in [3.63, 3.8) is 0 Å². The minimum Gasteiger partial charge on any atom is -0.493 e. The molecule has 0 amide bonds. The highest BCUT2D eigenvalue weighted by molar-refractivity contribution is 9.10. The predicted octanol–water partition coefficient (Wildman–Crippen LogP) is 6.60. The molecule has 6 heteroatoms. The number of fused-ring (bicyclic) bond motifs is 3. The molecule has 4 rings (SSSR count). The molecule has 1 aliphatic carbocycles. The van der Waals surface area contributed by atoms with Gasteiger partial charge in [-0.05, 0) is 63.7 Å². The van der Waals surface area contributed by atoms with Crippen LogP contribution in [0.1, 0.15) is 29.5 Å². The number of halogens is 3. The van der Waals surface area contributed by atoms with Crippen LogP contribution < -0.4 is 14.8 Å². The lowest BCUT2D eigenvalue weighted by molar-refractivity contribution is 0.351. The fourth-order valence-corrected chi connectivity index (χ4v) is 5.25. The molecular weight excluding hydrogens is 437 g/mol. The fraction of sp³-hybridized carbons (Fsp3) is 0.300. The third kappa shape index (κ3) is 2.88. The van der Waals surface area contributed by atoms with Gasteiger partial charge in [0, 0.05) is 10.9 Å². The van der Waals surface area contributed by atoms with E-state index in [9.17, 15) is 0 Å². The Kier molecular flexibility index (Phi) is 4.84. The van der Waals surface area contributed by atoms with Crippen molar-refractivity contribution < 1.29 is 9.47 Å². The Morgan fingerprint density at radius 1 is 1.12 bits per heavy atom. The molecule has 1 aliphatic heterocycles. The van der Waals surface area contributed by atoms with Crippen LogP contribution in [0.2, 0.25) is 10.0 Å². The molecule has 2 aliphatic rings. The number of nitrogens with one attached hydrogen (secondary N) is 1. The lowest BCUT2D eigenvalue weighted by Gasteiger charge is -2.38. The van der Waals surface area contributed by atoms with Gasteiger partial charge < -0.3 is 14.8 Å². The first kappa shape index (κ1) is 18.0. The van der Waals surface area contributed by atoms with Gasteiger partial charge in [0.25, 0.3) is 0 Å². The first-order chi connectivity index (χ1) is 12.5. The Morgan fingerprint density at radius 3 is 2.65 bits per heavy atom. The van der Waals surface area contributed by atoms with E-state index in [0.717, 1.165) is 27.7 Å². The summed E-state index contributed by atoms with van der Waals surface area (Å²) in [5.74, 6) is 2.08. The highest BCUT2D eigenvalue weighted by Crippen LogP contribution is 2.53. The third-order valence-corrected chi connectivity index (χ3v) is 6.31. The number of benzene rings is 2. The Hall–Kier alpha value is -1.36. The van der Waals surface area contributed by atoms with Crippen LogP contribution in [-0.2, 0) is 0 Å². The summed E-state index contributed by atoms with van der Waals surface area (Å²) in [6.45, 7) is 0. The maximum absolute atomic E-state index is 6.50. The van der Waals surface area contributed by atoms with Crippen molar-refractivity contribution >= 4 is 44.8 Å². The van der Waals surface area contributed by atoms with Crippen molar-refractivity contribution in [2.45, 2.75) is 18.4 Å². The van der Waals surface area contributed by atoms with E-state index in [-0.39, 0.29) is 6.04 Å². The number of ether oxygens (including phenoxy) is 2. The number of allylic oxidation sites excluding steroid dienone is 2. The van der Waals surface area contributed by atoms with E-state index < -0.39 is 0 Å². The second-order valence-electron chi connectivity index (χ2n) is 6.57. The SMILES string of the molecule is COc1cc([C@@H]2Nc3c(Cl)cc(Cl)cc3[C@@H]3C=CC[C@@H]32)cc(Br)c1OC. The lowest BCUT2D eigenvalue weighted by atomic mass is 9.77. The number of hydrogen-bond acceptors (Lipinski definition) is 3. The van der Waals surface area contributed by atoms with E-state index >= 15 is 0 Å². The molecule has 2 aromatic rings. The third-order valence-electron chi connectivity index (χ3n) is 5.20. The van der Waals surface area contributed by atoms with Gasteiger partial charge in [-0.2, -0.15) is 0 Å². The van der Waals surface area contributed by atoms with Crippen molar-refractivity contribution in [3.8, 4) is 11.5 Å². The first-order valence-electron chi connectivity index (χ1n) is 8.37. The van der Waals surface area contributed by atoms with Gasteiger partial charge in [0.2, 0.25) is 0 Å². The average Bonchev–Trinajstić information content (AvgIpc) is 3.10. The normalized spacial score (nSPS) is 23.2. The molecule has 0 fully saturated rings. The van der Waals surface area contributed by atoms with Crippen molar-refractivity contribution in [2.24, 2.45) is 5.92 Å². The maximum Gasteiger partial charge on any atom is 0.174 e. The van der Waals surface area contributed by atoms with Gasteiger partial charge in [-0.15, -0.1) is 0 Å². The molecule has 2 aromatic carbocycles. The molecule has 0 aromatic heterocycles. The smallest absolute Gasteiger partial charge is 0.174 e. The van der Waals surface area contributed by atoms with Crippen molar-refractivity contribution in [1.29, 1.82) is 0 Å². The van der Waals surface area contributed by atoms with Crippen LogP contribution in [0.25, 0.3) is 0 Å². The molecule has 0 radical (unpaired) electrons. The zero-order chi connectivity index (χ0) is 18.4. The molecule has 136 valence electrons. The molecular formula is C20H18BrCl2NO2. The zero-order valence-electron chi connectivity index (χ0n) is 14.4. The van der Waals surface area contributed by atoms with Crippen LogP contribution in [0.4, 0.5) is 5.69 Å². The number of hydrogen-bond donors (Lipinski definition) is 1. The van der Waals surface area contributed by atoms with Crippen molar-refractivity contribution in [1.82, 2.24) is 0 Å². The zero-order valence-corrected chi connectivity index (χ0v) is 17.5. The van der Waals surface area contributed by atoms with E-state index in [1.54, 1.807) is 20.3 Å². The lowest BCUT2D eigenvalue weighted by Crippen LogP contribution is -2.29. The second-order valence-corrected chi connectivity index (χ2v) is 8.26. The van der Waals surface area contributed by atoms with Crippen molar-refractivity contribution in [3.05, 3.63) is 62.1 Å². The van der Waals surface area contributed by atoms with Gasteiger partial charge in [-0.1, -0.05) is 35.4 Å². The van der Waals surface area contributed by atoms with E-state index in [4.69, 9.17) is 32.7 Å². The van der Waals surface area contributed by atoms with E-state index in [2.05, 4.69) is 39.5 Å². The molecule has 26 heavy (non-hydrogen) atoms. The summed E-state index contributed by atoms with van der Waals surface area (Å²) >= 11 is 16.4. The summed E-state index contributed by atoms with van der Waals surface area (Å²) in [5.41, 5.74) is 3.25. The molecule has 0 saturated carbocycles. The highest BCUT2D eigenvalue weighted by Gasteiger charge is 2.39. The van der Waals surface area contributed by atoms with Gasteiger partial charge in [0.1, 0.15) is 0 Å². The Morgan fingerprint density at radius 2 is 1.92 bits per heavy atom. The van der Waals surface area contributed by atoms with Crippen LogP contribution in [0.5, 0.6) is 11.5 Å². The van der Waals surface area contributed by atoms with Crippen LogP contribution in [0, 0.1) is 5.92 Å². The largest absolute Gasteiger partial charge is 0.493 e. The average molecular weight is 455 g/mol. The number of methoxy groups -OCH3 is 2.